The number of benzene rings is 2. The lowest BCUT2D eigenvalue weighted by molar-refractivity contribution is -0.659. The second-order valence-corrected chi connectivity index (χ2v) is 7.43. The lowest BCUT2D eigenvalue weighted by atomic mass is 9.96. The monoisotopic (exact) mass is 352 g/mol. The number of aryl methyl sites for hydroxylation is 4. The number of nitrogens with zero attached hydrogens (tertiary/aromatic N) is 3. The first-order valence-electron chi connectivity index (χ1n) is 9.30. The molecule has 0 aliphatic heterocycles. The van der Waals surface area contributed by atoms with E-state index in [1.807, 2.05) is 0 Å². The maximum Gasteiger partial charge on any atom is 0.220 e. The van der Waals surface area contributed by atoms with Crippen LogP contribution in [0.15, 0.2) is 60.9 Å². The molecule has 3 aromatic heterocycles. The minimum absolute atomic E-state index is 1.03. The smallest absolute Gasteiger partial charge is 0.220 e. The summed E-state index contributed by atoms with van der Waals surface area (Å²) in [7, 11) is 2.12. The molecule has 3 heterocycles. The molecular formula is C24H22N3+. The van der Waals surface area contributed by atoms with E-state index in [0.717, 1.165) is 11.5 Å². The van der Waals surface area contributed by atoms with Crippen LogP contribution in [0.25, 0.3) is 38.3 Å². The zero-order chi connectivity index (χ0) is 18.7. The van der Waals surface area contributed by atoms with Gasteiger partial charge >= 0.3 is 0 Å². The minimum Gasteiger partial charge on any atom is -0.303 e. The van der Waals surface area contributed by atoms with Crippen LogP contribution in [0.3, 0.4) is 0 Å². The molecule has 3 heteroatoms. The predicted molar refractivity (Wildman–Crippen MR) is 111 cm³/mol. The van der Waals surface area contributed by atoms with Crippen LogP contribution in [-0.2, 0) is 7.05 Å². The molecule has 0 saturated heterocycles. The molecule has 0 N–H and O–H groups in total. The highest BCUT2D eigenvalue weighted by Gasteiger charge is 2.18. The van der Waals surface area contributed by atoms with Gasteiger partial charge in [0, 0.05) is 12.3 Å². The molecule has 27 heavy (non-hydrogen) atoms. The third-order valence-electron chi connectivity index (χ3n) is 5.60. The minimum atomic E-state index is 1.03. The number of hydrogen-bond donors (Lipinski definition) is 0. The average Bonchev–Trinajstić information content (AvgIpc) is 2.93. The number of fused-ring (bicyclic) bond motifs is 3. The van der Waals surface area contributed by atoms with Gasteiger partial charge in [-0.25, -0.2) is 9.55 Å². The van der Waals surface area contributed by atoms with E-state index in [-0.39, 0.29) is 0 Å². The predicted octanol–water partition coefficient (Wildman–Crippen LogP) is 5.06. The number of rotatable bonds is 1. The third kappa shape index (κ3) is 2.35. The van der Waals surface area contributed by atoms with E-state index < -0.39 is 0 Å². The Morgan fingerprint density at radius 2 is 1.70 bits per heavy atom. The molecule has 0 amide bonds. The van der Waals surface area contributed by atoms with Crippen LogP contribution in [0.2, 0.25) is 0 Å². The van der Waals surface area contributed by atoms with Gasteiger partial charge in [0.05, 0.1) is 22.2 Å². The standard InChI is InChI=1S/C24H22N3/c1-15-11-20-14-27-17(3)25-16(2)23(27)13-19(20)12-22(15)24-21-8-6-5-7-18(21)9-10-26(24)4/h5-14H,1-4H3/q+1. The molecular weight excluding hydrogens is 330 g/mol. The Bertz CT molecular complexity index is 1360. The second kappa shape index (κ2) is 5.65. The highest BCUT2D eigenvalue weighted by atomic mass is 15.0. The summed E-state index contributed by atoms with van der Waals surface area (Å²) in [6.45, 7) is 6.34. The van der Waals surface area contributed by atoms with Gasteiger partial charge in [0.15, 0.2) is 6.20 Å². The molecule has 0 radical (unpaired) electrons. The maximum atomic E-state index is 4.63. The molecule has 0 bridgehead atoms. The van der Waals surface area contributed by atoms with Gasteiger partial charge < -0.3 is 4.40 Å². The van der Waals surface area contributed by atoms with Crippen LogP contribution in [-0.4, -0.2) is 9.38 Å². The summed E-state index contributed by atoms with van der Waals surface area (Å²) >= 11 is 0. The van der Waals surface area contributed by atoms with E-state index in [4.69, 9.17) is 0 Å². The highest BCUT2D eigenvalue weighted by molar-refractivity contribution is 5.97. The van der Waals surface area contributed by atoms with Crippen molar-refractivity contribution in [2.75, 3.05) is 0 Å². The van der Waals surface area contributed by atoms with Gasteiger partial charge in [0.2, 0.25) is 5.69 Å². The van der Waals surface area contributed by atoms with Gasteiger partial charge in [0.1, 0.15) is 12.9 Å². The molecule has 0 aliphatic rings. The van der Waals surface area contributed by atoms with Crippen LogP contribution in [0.5, 0.6) is 0 Å². The van der Waals surface area contributed by atoms with Crippen molar-refractivity contribution < 1.29 is 4.57 Å². The van der Waals surface area contributed by atoms with E-state index in [9.17, 15) is 0 Å². The Morgan fingerprint density at radius 1 is 0.889 bits per heavy atom. The molecule has 0 fully saturated rings. The van der Waals surface area contributed by atoms with Crippen molar-refractivity contribution in [3.63, 3.8) is 0 Å². The third-order valence-corrected chi connectivity index (χ3v) is 5.60. The second-order valence-electron chi connectivity index (χ2n) is 7.43. The number of hydrogen-bond acceptors (Lipinski definition) is 1. The van der Waals surface area contributed by atoms with Gasteiger partial charge in [-0.2, -0.15) is 0 Å². The first kappa shape index (κ1) is 16.0. The Hall–Kier alpha value is -3.20. The van der Waals surface area contributed by atoms with Crippen LogP contribution in [0.1, 0.15) is 17.1 Å². The van der Waals surface area contributed by atoms with Crippen molar-refractivity contribution in [3.05, 3.63) is 78.0 Å². The normalized spacial score (nSPS) is 11.7. The SMILES string of the molecule is Cc1cc2cn3c(C)nc(C)c3cc2cc1-c1c2ccccc2cc[n+]1C. The van der Waals surface area contributed by atoms with E-state index in [1.165, 1.54) is 43.9 Å². The fraction of sp³-hybridized carbons (Fsp3) is 0.167. The number of aromatic nitrogens is 3. The summed E-state index contributed by atoms with van der Waals surface area (Å²) in [6, 6.07) is 17.7. The van der Waals surface area contributed by atoms with Crippen molar-refractivity contribution in [2.45, 2.75) is 20.8 Å². The zero-order valence-corrected chi connectivity index (χ0v) is 16.1. The molecule has 0 saturated carbocycles. The van der Waals surface area contributed by atoms with Crippen molar-refractivity contribution in [1.82, 2.24) is 9.38 Å². The van der Waals surface area contributed by atoms with E-state index in [1.54, 1.807) is 0 Å². The molecule has 0 spiro atoms. The van der Waals surface area contributed by atoms with Gasteiger partial charge in [-0.15, -0.1) is 0 Å². The molecule has 0 aliphatic carbocycles. The fourth-order valence-electron chi connectivity index (χ4n) is 4.21. The van der Waals surface area contributed by atoms with Gasteiger partial charge in [-0.1, -0.05) is 18.2 Å². The molecule has 0 unspecified atom stereocenters. The van der Waals surface area contributed by atoms with Crippen LogP contribution >= 0.6 is 0 Å². The summed E-state index contributed by atoms with van der Waals surface area (Å²) in [5.74, 6) is 1.03. The van der Waals surface area contributed by atoms with Crippen LogP contribution in [0.4, 0.5) is 0 Å². The van der Waals surface area contributed by atoms with E-state index in [2.05, 4.69) is 103 Å². The van der Waals surface area contributed by atoms with Crippen LogP contribution < -0.4 is 4.57 Å². The van der Waals surface area contributed by atoms with Crippen LogP contribution in [0, 0.1) is 20.8 Å². The molecule has 0 atom stereocenters. The summed E-state index contributed by atoms with van der Waals surface area (Å²) < 4.78 is 4.41. The molecule has 5 aromatic rings. The van der Waals surface area contributed by atoms with Gasteiger partial charge in [-0.3, -0.25) is 0 Å². The first-order chi connectivity index (χ1) is 13.0. The van der Waals surface area contributed by atoms with E-state index in [0.29, 0.717) is 0 Å². The Labute approximate surface area is 158 Å². The van der Waals surface area contributed by atoms with Crippen molar-refractivity contribution in [3.8, 4) is 11.3 Å². The fourth-order valence-corrected chi connectivity index (χ4v) is 4.21. The van der Waals surface area contributed by atoms with Crippen molar-refractivity contribution in [2.24, 2.45) is 7.05 Å². The Morgan fingerprint density at radius 3 is 2.56 bits per heavy atom. The van der Waals surface area contributed by atoms with Gasteiger partial charge in [-0.05, 0) is 66.8 Å². The largest absolute Gasteiger partial charge is 0.303 e. The zero-order valence-electron chi connectivity index (χ0n) is 16.1. The molecule has 132 valence electrons. The van der Waals surface area contributed by atoms with Gasteiger partial charge in [0.25, 0.3) is 0 Å². The molecule has 3 nitrogen and oxygen atoms in total. The molecule has 2 aromatic carbocycles. The van der Waals surface area contributed by atoms with Crippen molar-refractivity contribution in [1.29, 1.82) is 0 Å². The summed E-state index contributed by atoms with van der Waals surface area (Å²) in [4.78, 5) is 4.63. The maximum absolute atomic E-state index is 4.63. The summed E-state index contributed by atoms with van der Waals surface area (Å²) in [6.07, 6.45) is 4.36. The quantitative estimate of drug-likeness (QED) is 0.386. The Kier molecular flexibility index (Phi) is 3.35. The van der Waals surface area contributed by atoms with Crippen molar-refractivity contribution >= 4 is 27.1 Å². The lowest BCUT2D eigenvalue weighted by Crippen LogP contribution is -2.30. The topological polar surface area (TPSA) is 21.2 Å². The summed E-state index contributed by atoms with van der Waals surface area (Å²) in [5, 5.41) is 5.04. The average molecular weight is 352 g/mol. The number of pyridine rings is 2. The number of imidazole rings is 1. The molecule has 5 rings (SSSR count). The lowest BCUT2D eigenvalue weighted by Gasteiger charge is -2.10. The first-order valence-corrected chi connectivity index (χ1v) is 9.30. The Balaban J connectivity index is 1.87. The highest BCUT2D eigenvalue weighted by Crippen LogP contribution is 2.32. The van der Waals surface area contributed by atoms with E-state index >= 15 is 0 Å². The summed E-state index contributed by atoms with van der Waals surface area (Å²) in [5.41, 5.74) is 6.07.